The summed E-state index contributed by atoms with van der Waals surface area (Å²) >= 11 is 0. The molecule has 0 radical (unpaired) electrons. The summed E-state index contributed by atoms with van der Waals surface area (Å²) in [5.74, 6) is 0. The van der Waals surface area contributed by atoms with Crippen molar-refractivity contribution in [1.82, 2.24) is 0 Å². The van der Waals surface area contributed by atoms with Crippen LogP contribution in [0.3, 0.4) is 0 Å². The number of rotatable bonds is 8. The zero-order valence-corrected chi connectivity index (χ0v) is 11.1. The second kappa shape index (κ2) is 8.26. The van der Waals surface area contributed by atoms with Gasteiger partial charge >= 0.3 is 0 Å². The number of ether oxygens (including phenoxy) is 1. The third-order valence-corrected chi connectivity index (χ3v) is 2.84. The lowest BCUT2D eigenvalue weighted by molar-refractivity contribution is 0.128. The molecule has 0 amide bonds. The normalized spacial score (nSPS) is 12.6. The van der Waals surface area contributed by atoms with Gasteiger partial charge in [0.25, 0.3) is 0 Å². The SMILES string of the molecule is CCCOCCC(N)c1cccc(CCC)c1. The minimum atomic E-state index is 0.101. The van der Waals surface area contributed by atoms with Gasteiger partial charge in [-0.15, -0.1) is 0 Å². The molecule has 0 aliphatic heterocycles. The molecule has 1 unspecified atom stereocenters. The van der Waals surface area contributed by atoms with E-state index in [0.29, 0.717) is 0 Å². The first-order chi connectivity index (χ1) is 8.27. The molecule has 0 aliphatic rings. The fourth-order valence-corrected chi connectivity index (χ4v) is 1.89. The van der Waals surface area contributed by atoms with Crippen molar-refractivity contribution in [3.8, 4) is 0 Å². The second-order valence-corrected chi connectivity index (χ2v) is 4.50. The molecular weight excluding hydrogens is 210 g/mol. The first-order valence-corrected chi connectivity index (χ1v) is 6.70. The Morgan fingerprint density at radius 3 is 2.71 bits per heavy atom. The largest absolute Gasteiger partial charge is 0.381 e. The summed E-state index contributed by atoms with van der Waals surface area (Å²) < 4.78 is 5.47. The highest BCUT2D eigenvalue weighted by Crippen LogP contribution is 2.16. The third-order valence-electron chi connectivity index (χ3n) is 2.84. The Morgan fingerprint density at radius 2 is 2.00 bits per heavy atom. The molecule has 0 fully saturated rings. The number of nitrogens with two attached hydrogens (primary N) is 1. The average Bonchev–Trinajstić information content (AvgIpc) is 2.35. The molecule has 1 rings (SSSR count). The van der Waals surface area contributed by atoms with Gasteiger partial charge in [-0.05, 0) is 30.4 Å². The molecule has 17 heavy (non-hydrogen) atoms. The number of hydrogen-bond donors (Lipinski definition) is 1. The molecule has 1 aromatic rings. The predicted octanol–water partition coefficient (Wildman–Crippen LogP) is 3.46. The van der Waals surface area contributed by atoms with Gasteiger partial charge in [-0.3, -0.25) is 0 Å². The van der Waals surface area contributed by atoms with E-state index < -0.39 is 0 Å². The van der Waals surface area contributed by atoms with Crippen LogP contribution in [0.15, 0.2) is 24.3 Å². The van der Waals surface area contributed by atoms with Crippen LogP contribution in [-0.2, 0) is 11.2 Å². The first-order valence-electron chi connectivity index (χ1n) is 6.70. The van der Waals surface area contributed by atoms with Crippen LogP contribution in [0, 0.1) is 0 Å². The molecule has 0 aromatic heterocycles. The van der Waals surface area contributed by atoms with Crippen LogP contribution >= 0.6 is 0 Å². The van der Waals surface area contributed by atoms with Crippen molar-refractivity contribution in [1.29, 1.82) is 0 Å². The monoisotopic (exact) mass is 235 g/mol. The van der Waals surface area contributed by atoms with E-state index in [1.54, 1.807) is 0 Å². The Kier molecular flexibility index (Phi) is 6.90. The highest BCUT2D eigenvalue weighted by Gasteiger charge is 2.06. The molecule has 0 bridgehead atoms. The van der Waals surface area contributed by atoms with E-state index in [9.17, 15) is 0 Å². The topological polar surface area (TPSA) is 35.2 Å². The molecule has 2 N–H and O–H groups in total. The van der Waals surface area contributed by atoms with Crippen molar-refractivity contribution in [2.75, 3.05) is 13.2 Å². The molecule has 0 spiro atoms. The summed E-state index contributed by atoms with van der Waals surface area (Å²) in [4.78, 5) is 0. The van der Waals surface area contributed by atoms with E-state index in [4.69, 9.17) is 10.5 Å². The van der Waals surface area contributed by atoms with Crippen LogP contribution in [0.25, 0.3) is 0 Å². The average molecular weight is 235 g/mol. The highest BCUT2D eigenvalue weighted by molar-refractivity contribution is 5.25. The van der Waals surface area contributed by atoms with Gasteiger partial charge in [-0.1, -0.05) is 44.5 Å². The minimum Gasteiger partial charge on any atom is -0.381 e. The third kappa shape index (κ3) is 5.33. The Labute approximate surface area is 105 Å². The summed E-state index contributed by atoms with van der Waals surface area (Å²) in [6, 6.07) is 8.72. The van der Waals surface area contributed by atoms with E-state index in [1.165, 1.54) is 17.5 Å². The van der Waals surface area contributed by atoms with Crippen LogP contribution in [-0.4, -0.2) is 13.2 Å². The van der Waals surface area contributed by atoms with Gasteiger partial charge in [-0.25, -0.2) is 0 Å². The van der Waals surface area contributed by atoms with Gasteiger partial charge in [-0.2, -0.15) is 0 Å². The van der Waals surface area contributed by atoms with Crippen molar-refractivity contribution < 1.29 is 4.74 Å². The standard InChI is InChI=1S/C15H25NO/c1-3-6-13-7-5-8-14(12-13)15(16)9-11-17-10-4-2/h5,7-8,12,15H,3-4,6,9-11,16H2,1-2H3. The van der Waals surface area contributed by atoms with Crippen molar-refractivity contribution in [2.24, 2.45) is 5.73 Å². The molecule has 0 saturated carbocycles. The smallest absolute Gasteiger partial charge is 0.0484 e. The number of aryl methyl sites for hydroxylation is 1. The quantitative estimate of drug-likeness (QED) is 0.700. The van der Waals surface area contributed by atoms with Gasteiger partial charge in [0.05, 0.1) is 0 Å². The first kappa shape index (κ1) is 14.2. The van der Waals surface area contributed by atoms with E-state index >= 15 is 0 Å². The predicted molar refractivity (Wildman–Crippen MR) is 73.1 cm³/mol. The Hall–Kier alpha value is -0.860. The summed E-state index contributed by atoms with van der Waals surface area (Å²) in [6.07, 6.45) is 4.28. The van der Waals surface area contributed by atoms with Gasteiger partial charge in [0.1, 0.15) is 0 Å². The molecule has 0 aliphatic carbocycles. The second-order valence-electron chi connectivity index (χ2n) is 4.50. The summed E-state index contributed by atoms with van der Waals surface area (Å²) in [7, 11) is 0. The maximum absolute atomic E-state index is 6.16. The zero-order valence-electron chi connectivity index (χ0n) is 11.1. The molecular formula is C15H25NO. The fraction of sp³-hybridized carbons (Fsp3) is 0.600. The van der Waals surface area contributed by atoms with E-state index in [-0.39, 0.29) is 6.04 Å². The molecule has 0 heterocycles. The zero-order chi connectivity index (χ0) is 12.5. The lowest BCUT2D eigenvalue weighted by Gasteiger charge is -2.13. The van der Waals surface area contributed by atoms with Gasteiger partial charge < -0.3 is 10.5 Å². The maximum Gasteiger partial charge on any atom is 0.0484 e. The van der Waals surface area contributed by atoms with Crippen LogP contribution in [0.5, 0.6) is 0 Å². The van der Waals surface area contributed by atoms with Crippen LogP contribution < -0.4 is 5.73 Å². The van der Waals surface area contributed by atoms with Gasteiger partial charge in [0.15, 0.2) is 0 Å². The molecule has 2 nitrogen and oxygen atoms in total. The number of benzene rings is 1. The maximum atomic E-state index is 6.16. The fourth-order valence-electron chi connectivity index (χ4n) is 1.89. The Balaban J connectivity index is 2.44. The van der Waals surface area contributed by atoms with E-state index in [2.05, 4.69) is 38.1 Å². The van der Waals surface area contributed by atoms with Crippen molar-refractivity contribution in [3.05, 3.63) is 35.4 Å². The van der Waals surface area contributed by atoms with Crippen molar-refractivity contribution in [2.45, 2.75) is 45.6 Å². The van der Waals surface area contributed by atoms with Gasteiger partial charge in [0, 0.05) is 19.3 Å². The minimum absolute atomic E-state index is 0.101. The van der Waals surface area contributed by atoms with Crippen molar-refractivity contribution in [3.63, 3.8) is 0 Å². The highest BCUT2D eigenvalue weighted by atomic mass is 16.5. The van der Waals surface area contributed by atoms with Gasteiger partial charge in [0.2, 0.25) is 0 Å². The van der Waals surface area contributed by atoms with E-state index in [1.807, 2.05) is 0 Å². The molecule has 96 valence electrons. The van der Waals surface area contributed by atoms with Crippen LogP contribution in [0.4, 0.5) is 0 Å². The molecule has 1 aromatic carbocycles. The molecule has 0 saturated heterocycles. The van der Waals surface area contributed by atoms with Crippen LogP contribution in [0.1, 0.15) is 50.3 Å². The summed E-state index contributed by atoms with van der Waals surface area (Å²) in [5.41, 5.74) is 8.78. The number of hydrogen-bond acceptors (Lipinski definition) is 2. The lowest BCUT2D eigenvalue weighted by atomic mass is 10.0. The Morgan fingerprint density at radius 1 is 1.18 bits per heavy atom. The van der Waals surface area contributed by atoms with Crippen molar-refractivity contribution >= 4 is 0 Å². The summed E-state index contributed by atoms with van der Waals surface area (Å²) in [6.45, 7) is 5.91. The summed E-state index contributed by atoms with van der Waals surface area (Å²) in [5, 5.41) is 0. The van der Waals surface area contributed by atoms with E-state index in [0.717, 1.165) is 32.5 Å². The molecule has 2 heteroatoms. The Bertz CT molecular complexity index is 312. The van der Waals surface area contributed by atoms with Crippen LogP contribution in [0.2, 0.25) is 0 Å². The molecule has 1 atom stereocenters. The lowest BCUT2D eigenvalue weighted by Crippen LogP contribution is -2.13.